The maximum Gasteiger partial charge on any atom is 0.324 e. The van der Waals surface area contributed by atoms with E-state index >= 15 is 0 Å². The molecule has 5 heterocycles. The van der Waals surface area contributed by atoms with Crippen LogP contribution in [0.25, 0.3) is 39.5 Å². The molecule has 11 heteroatoms. The van der Waals surface area contributed by atoms with Crippen LogP contribution in [-0.4, -0.2) is 45.3 Å². The Morgan fingerprint density at radius 3 is 2.62 bits per heavy atom. The van der Waals surface area contributed by atoms with E-state index in [1.807, 2.05) is 60.2 Å². The van der Waals surface area contributed by atoms with E-state index in [-0.39, 0.29) is 6.03 Å². The van der Waals surface area contributed by atoms with Gasteiger partial charge in [-0.1, -0.05) is 0 Å². The van der Waals surface area contributed by atoms with Crippen LogP contribution in [0, 0.1) is 6.92 Å². The van der Waals surface area contributed by atoms with Gasteiger partial charge in [-0.15, -0.1) is 0 Å². The van der Waals surface area contributed by atoms with Crippen LogP contribution in [0.3, 0.4) is 0 Å². The third kappa shape index (κ3) is 4.41. The second-order valence-electron chi connectivity index (χ2n) is 8.48. The number of pyridine rings is 2. The van der Waals surface area contributed by atoms with Crippen LogP contribution in [0.1, 0.15) is 5.69 Å². The van der Waals surface area contributed by atoms with Crippen LogP contribution in [0.5, 0.6) is 0 Å². The lowest BCUT2D eigenvalue weighted by Gasteiger charge is -2.08. The molecule has 3 N–H and O–H groups in total. The number of aromatic nitrogens is 8. The van der Waals surface area contributed by atoms with E-state index in [1.165, 1.54) is 0 Å². The highest BCUT2D eigenvalue weighted by Crippen LogP contribution is 2.25. The number of carbonyl (C=O) groups is 1. The summed E-state index contributed by atoms with van der Waals surface area (Å²) in [6.07, 6.45) is 8.80. The molecule has 0 atom stereocenters. The molecule has 0 saturated heterocycles. The number of carbonyl (C=O) groups excluding carboxylic acids is 1. The fourth-order valence-corrected chi connectivity index (χ4v) is 4.01. The van der Waals surface area contributed by atoms with Crippen molar-refractivity contribution < 1.29 is 4.79 Å². The Kier molecular flexibility index (Phi) is 5.41. The summed E-state index contributed by atoms with van der Waals surface area (Å²) in [5.41, 5.74) is 5.64. The topological polar surface area (TPSA) is 131 Å². The van der Waals surface area contributed by atoms with Crippen molar-refractivity contribution in [1.29, 1.82) is 0 Å². The molecule has 0 spiro atoms. The molecular weight excluding hydrogens is 468 g/mol. The molecule has 0 fully saturated rings. The van der Waals surface area contributed by atoms with Crippen molar-refractivity contribution >= 4 is 28.6 Å². The van der Waals surface area contributed by atoms with Crippen LogP contribution in [0.2, 0.25) is 0 Å². The molecule has 0 aliphatic heterocycles. The van der Waals surface area contributed by atoms with Gasteiger partial charge in [-0.2, -0.15) is 5.10 Å². The first-order chi connectivity index (χ1) is 18.0. The monoisotopic (exact) mass is 490 g/mol. The summed E-state index contributed by atoms with van der Waals surface area (Å²) in [5.74, 6) is 1.97. The number of hydrogen-bond acceptors (Lipinski definition) is 6. The van der Waals surface area contributed by atoms with E-state index in [1.54, 1.807) is 42.7 Å². The number of hydrogen-bond donors (Lipinski definition) is 3. The van der Waals surface area contributed by atoms with E-state index in [4.69, 9.17) is 4.98 Å². The zero-order valence-corrected chi connectivity index (χ0v) is 20.0. The van der Waals surface area contributed by atoms with Crippen molar-refractivity contribution in [3.8, 4) is 28.5 Å². The second-order valence-corrected chi connectivity index (χ2v) is 8.48. The lowest BCUT2D eigenvalue weighted by atomic mass is 10.2. The van der Waals surface area contributed by atoms with Gasteiger partial charge in [0.05, 0.1) is 16.9 Å². The summed E-state index contributed by atoms with van der Waals surface area (Å²) < 4.78 is 3.47. The highest BCUT2D eigenvalue weighted by Gasteiger charge is 2.13. The van der Waals surface area contributed by atoms with E-state index in [0.717, 1.165) is 33.5 Å². The number of rotatable bonds is 5. The van der Waals surface area contributed by atoms with Crippen molar-refractivity contribution in [2.45, 2.75) is 6.92 Å². The first-order valence-corrected chi connectivity index (χ1v) is 11.5. The number of nitrogens with one attached hydrogen (secondary N) is 3. The van der Waals surface area contributed by atoms with Gasteiger partial charge in [0.2, 0.25) is 0 Å². The summed E-state index contributed by atoms with van der Waals surface area (Å²) in [7, 11) is 1.77. The van der Waals surface area contributed by atoms with Crippen LogP contribution >= 0.6 is 0 Å². The average Bonchev–Trinajstić information content (AvgIpc) is 3.63. The number of benzene rings is 1. The van der Waals surface area contributed by atoms with Crippen LogP contribution in [-0.2, 0) is 7.05 Å². The molecular formula is C26H22N10O. The minimum atomic E-state index is -0.372. The molecule has 0 radical (unpaired) electrons. The summed E-state index contributed by atoms with van der Waals surface area (Å²) in [6, 6.07) is 14.5. The van der Waals surface area contributed by atoms with Crippen LogP contribution in [0.15, 0.2) is 79.6 Å². The van der Waals surface area contributed by atoms with Gasteiger partial charge in [0.15, 0.2) is 5.82 Å². The van der Waals surface area contributed by atoms with E-state index in [9.17, 15) is 4.79 Å². The normalized spacial score (nSPS) is 11.1. The van der Waals surface area contributed by atoms with Gasteiger partial charge < -0.3 is 10.3 Å². The van der Waals surface area contributed by atoms with Crippen molar-refractivity contribution in [3.63, 3.8) is 0 Å². The van der Waals surface area contributed by atoms with Crippen molar-refractivity contribution in [2.75, 3.05) is 10.6 Å². The largest absolute Gasteiger partial charge is 0.338 e. The van der Waals surface area contributed by atoms with E-state index < -0.39 is 0 Å². The summed E-state index contributed by atoms with van der Waals surface area (Å²) >= 11 is 0. The molecule has 0 bridgehead atoms. The third-order valence-electron chi connectivity index (χ3n) is 5.83. The van der Waals surface area contributed by atoms with Gasteiger partial charge in [-0.25, -0.2) is 19.7 Å². The average molecular weight is 491 g/mol. The quantitative estimate of drug-likeness (QED) is 0.325. The van der Waals surface area contributed by atoms with Crippen LogP contribution < -0.4 is 10.6 Å². The number of amides is 2. The molecule has 37 heavy (non-hydrogen) atoms. The summed E-state index contributed by atoms with van der Waals surface area (Å²) in [4.78, 5) is 33.6. The molecule has 2 amide bonds. The highest BCUT2D eigenvalue weighted by molar-refractivity contribution is 5.99. The zero-order chi connectivity index (χ0) is 25.4. The Balaban J connectivity index is 1.17. The van der Waals surface area contributed by atoms with E-state index in [2.05, 4.69) is 35.7 Å². The Labute approximate surface area is 211 Å². The Bertz CT molecular complexity index is 1710. The smallest absolute Gasteiger partial charge is 0.324 e. The van der Waals surface area contributed by atoms with Gasteiger partial charge in [0.1, 0.15) is 23.5 Å². The fraction of sp³-hybridized carbons (Fsp3) is 0.0769. The zero-order valence-electron chi connectivity index (χ0n) is 20.0. The number of imidazole rings is 2. The first kappa shape index (κ1) is 22.2. The number of nitrogens with zero attached hydrogens (tertiary/aromatic N) is 7. The summed E-state index contributed by atoms with van der Waals surface area (Å²) in [6.45, 7) is 1.93. The minimum absolute atomic E-state index is 0.372. The molecule has 1 aromatic carbocycles. The number of aryl methyl sites for hydroxylation is 2. The molecule has 6 rings (SSSR count). The Morgan fingerprint density at radius 1 is 1.00 bits per heavy atom. The third-order valence-corrected chi connectivity index (χ3v) is 5.83. The number of aromatic amines is 1. The second kappa shape index (κ2) is 9.04. The molecule has 0 saturated carbocycles. The number of fused-ring (bicyclic) bond motifs is 1. The minimum Gasteiger partial charge on any atom is -0.338 e. The predicted molar refractivity (Wildman–Crippen MR) is 140 cm³/mol. The molecule has 0 unspecified atom stereocenters. The SMILES string of the molecule is Cc1cn(-c2nccc3[nH]c(-c4ccc(NC(=O)Nc5cc(-c6cccnc6)nn5C)cc4)nc23)cn1. The number of H-pyrrole nitrogens is 1. The molecule has 0 aliphatic rings. The molecule has 5 aromatic heterocycles. The Morgan fingerprint density at radius 2 is 1.86 bits per heavy atom. The first-order valence-electron chi connectivity index (χ1n) is 11.5. The van der Waals surface area contributed by atoms with Crippen molar-refractivity contribution in [3.05, 3.63) is 85.3 Å². The molecule has 6 aromatic rings. The maximum absolute atomic E-state index is 12.6. The van der Waals surface area contributed by atoms with Crippen molar-refractivity contribution in [2.24, 2.45) is 7.05 Å². The summed E-state index contributed by atoms with van der Waals surface area (Å²) in [5, 5.41) is 10.1. The fourth-order valence-electron chi connectivity index (χ4n) is 4.01. The highest BCUT2D eigenvalue weighted by atomic mass is 16.2. The molecule has 11 nitrogen and oxygen atoms in total. The molecule has 182 valence electrons. The van der Waals surface area contributed by atoms with Gasteiger partial charge in [-0.3, -0.25) is 19.5 Å². The van der Waals surface area contributed by atoms with Gasteiger partial charge in [-0.05, 0) is 49.4 Å². The lowest BCUT2D eigenvalue weighted by molar-refractivity contribution is 0.262. The van der Waals surface area contributed by atoms with Gasteiger partial charge >= 0.3 is 6.03 Å². The van der Waals surface area contributed by atoms with Crippen molar-refractivity contribution in [1.82, 2.24) is 39.3 Å². The lowest BCUT2D eigenvalue weighted by Crippen LogP contribution is -2.20. The number of urea groups is 1. The van der Waals surface area contributed by atoms with Gasteiger partial charge in [0, 0.05) is 54.7 Å². The van der Waals surface area contributed by atoms with E-state index in [0.29, 0.717) is 23.1 Å². The molecule has 0 aliphatic carbocycles. The number of anilines is 2. The Hall–Kier alpha value is -5.32. The maximum atomic E-state index is 12.6. The van der Waals surface area contributed by atoms with Crippen LogP contribution in [0.4, 0.5) is 16.3 Å². The van der Waals surface area contributed by atoms with Gasteiger partial charge in [0.25, 0.3) is 0 Å². The predicted octanol–water partition coefficient (Wildman–Crippen LogP) is 4.56. The standard InChI is InChI=1S/C26H22N10O/c1-16-14-36(15-29-16)25-23-20(9-11-28-25)31-24(33-23)17-5-7-19(8-6-17)30-26(37)32-22-12-21(34-35(22)2)18-4-3-10-27-13-18/h3-15H,1-2H3,(H,31,33)(H2,30,32,37).